The first-order valence-corrected chi connectivity index (χ1v) is 11.4. The Labute approximate surface area is 84.1 Å². The molecule has 0 rings (SSSR count). The van der Waals surface area contributed by atoms with Gasteiger partial charge in [0.1, 0.15) is 0 Å². The third-order valence-corrected chi connectivity index (χ3v) is 13.0. The number of rotatable bonds is 4. The van der Waals surface area contributed by atoms with Gasteiger partial charge in [-0.3, -0.25) is 0 Å². The first-order chi connectivity index (χ1) is 4.83. The third kappa shape index (κ3) is 8.38. The molecular weight excluding hydrogens is 511 g/mol. The molecule has 0 amide bonds. The zero-order valence-corrected chi connectivity index (χ0v) is 11.6. The van der Waals surface area contributed by atoms with Gasteiger partial charge in [-0.1, -0.05) is 0 Å². The van der Waals surface area contributed by atoms with Gasteiger partial charge in [-0.25, -0.2) is 0 Å². The van der Waals surface area contributed by atoms with E-state index in [1.54, 1.807) is 0 Å². The van der Waals surface area contributed by atoms with Crippen molar-refractivity contribution < 1.29 is 23.8 Å². The van der Waals surface area contributed by atoms with E-state index >= 15 is 0 Å². The molecule has 0 saturated carbocycles. The first-order valence-electron chi connectivity index (χ1n) is 1.70. The molecule has 0 spiro atoms. The zero-order valence-electron chi connectivity index (χ0n) is 4.57. The summed E-state index contributed by atoms with van der Waals surface area (Å²) in [6.07, 6.45) is 0. The van der Waals surface area contributed by atoms with Gasteiger partial charge in [0.25, 0.3) is 0 Å². The van der Waals surface area contributed by atoms with Crippen molar-refractivity contribution in [3.8, 4) is 0 Å². The van der Waals surface area contributed by atoms with Crippen LogP contribution in [0.5, 0.6) is 0 Å². The molecule has 0 radical (unpaired) electrons. The van der Waals surface area contributed by atoms with Gasteiger partial charge in [0, 0.05) is 0 Å². The van der Waals surface area contributed by atoms with Crippen LogP contribution < -0.4 is 13.9 Å². The van der Waals surface area contributed by atoms with Gasteiger partial charge in [-0.15, -0.1) is 0 Å². The summed E-state index contributed by atoms with van der Waals surface area (Å²) in [7, 11) is 0. The van der Waals surface area contributed by atoms with Crippen molar-refractivity contribution >= 4 is 61.4 Å². The van der Waals surface area contributed by atoms with Crippen LogP contribution in [-0.2, 0) is 2.93 Å². The Balaban J connectivity index is 3.79. The Bertz CT molecular complexity index is 95.9. The van der Waals surface area contributed by atoms with E-state index in [1.807, 2.05) is 0 Å². The van der Waals surface area contributed by atoms with Crippen LogP contribution in [0, 0.1) is 0 Å². The van der Waals surface area contributed by atoms with Gasteiger partial charge in [-0.2, -0.15) is 0 Å². The summed E-state index contributed by atoms with van der Waals surface area (Å²) in [4.78, 5) is 0. The summed E-state index contributed by atoms with van der Waals surface area (Å²) in [6, 6.07) is 0. The Hall–Kier alpha value is 2.05. The average molecular weight is 513 g/mol. The molecule has 0 bridgehead atoms. The van der Waals surface area contributed by atoms with Gasteiger partial charge >= 0.3 is 85.2 Å². The summed E-state index contributed by atoms with van der Waals surface area (Å²) >= 11 is -14.3. The molecule has 2 N–H and O–H groups in total. The van der Waals surface area contributed by atoms with Crippen LogP contribution in [0.4, 0.5) is 0 Å². The van der Waals surface area contributed by atoms with Gasteiger partial charge in [0.2, 0.25) is 0 Å². The Morgan fingerprint density at radius 1 is 0.909 bits per heavy atom. The van der Waals surface area contributed by atoms with Crippen LogP contribution in [0.2, 0.25) is 0 Å². The molecule has 0 atom stereocenters. The molecule has 0 saturated heterocycles. The van der Waals surface area contributed by atoms with E-state index in [2.05, 4.69) is 2.93 Å². The summed E-state index contributed by atoms with van der Waals surface area (Å²) in [5.74, 6) is 0. The van der Waals surface area contributed by atoms with Gasteiger partial charge < -0.3 is 0 Å². The normalized spacial score (nSPS) is 14.5. The fourth-order valence-corrected chi connectivity index (χ4v) is 9.94. The second kappa shape index (κ2) is 5.71. The van der Waals surface area contributed by atoms with Crippen molar-refractivity contribution in [3.05, 3.63) is 0 Å². The fourth-order valence-electron chi connectivity index (χ4n) is 0.156. The van der Waals surface area contributed by atoms with E-state index < -0.39 is 61.4 Å². The molecule has 0 fully saturated rings. The predicted molar refractivity (Wildman–Crippen MR) is 23.9 cm³/mol. The molecular formula is H2O8Te3-2. The van der Waals surface area contributed by atoms with Crippen LogP contribution in [-0.4, -0.2) is 68.3 Å². The standard InChI is InChI=1S/H4O8Te3/c1-9(2)7-11(5,6)8-10(3)4/h5-6H,(H,1,2)(H,3,4)/p-2. The summed E-state index contributed by atoms with van der Waals surface area (Å²) in [5.41, 5.74) is 0. The molecule has 8 nitrogen and oxygen atoms in total. The SMILES string of the molecule is [O-][Te+]([O-])O[Te](O)(O)O[Te+]([O-])[O-]. The van der Waals surface area contributed by atoms with Crippen LogP contribution in [0.25, 0.3) is 0 Å². The van der Waals surface area contributed by atoms with Gasteiger partial charge in [-0.05, 0) is 0 Å². The molecule has 0 aromatic rings. The summed E-state index contributed by atoms with van der Waals surface area (Å²) < 4.78 is 63.1. The zero-order chi connectivity index (χ0) is 9.07. The molecule has 11 heteroatoms. The molecule has 0 aliphatic heterocycles. The van der Waals surface area contributed by atoms with E-state index in [-0.39, 0.29) is 0 Å². The molecule has 0 aliphatic rings. The fraction of sp³-hybridized carbons (Fsp3) is 0. The van der Waals surface area contributed by atoms with Crippen molar-refractivity contribution in [2.24, 2.45) is 0 Å². The van der Waals surface area contributed by atoms with E-state index in [9.17, 15) is 13.9 Å². The molecule has 0 heterocycles. The van der Waals surface area contributed by atoms with Crippen LogP contribution >= 0.6 is 0 Å². The maximum absolute atomic E-state index is 9.78. The topological polar surface area (TPSA) is 151 Å². The van der Waals surface area contributed by atoms with E-state index in [0.29, 0.717) is 0 Å². The predicted octanol–water partition coefficient (Wildman–Crippen LogP) is -7.15. The maximum atomic E-state index is 9.78. The minimum atomic E-state index is -5.43. The van der Waals surface area contributed by atoms with Crippen molar-refractivity contribution in [2.75, 3.05) is 0 Å². The van der Waals surface area contributed by atoms with Crippen LogP contribution in [0.15, 0.2) is 0 Å². The van der Waals surface area contributed by atoms with Crippen molar-refractivity contribution in [1.82, 2.24) is 0 Å². The Morgan fingerprint density at radius 2 is 1.18 bits per heavy atom. The van der Waals surface area contributed by atoms with Crippen molar-refractivity contribution in [3.63, 3.8) is 0 Å². The quantitative estimate of drug-likeness (QED) is 0.353. The Morgan fingerprint density at radius 3 is 1.36 bits per heavy atom. The van der Waals surface area contributed by atoms with E-state index in [4.69, 9.17) is 6.94 Å². The molecule has 70 valence electrons. The Kier molecular flexibility index (Phi) is 6.77. The average Bonchev–Trinajstić information content (AvgIpc) is 1.53. The summed E-state index contributed by atoms with van der Waals surface area (Å²) in [6.45, 7) is 0. The molecule has 0 aromatic heterocycles. The second-order valence-corrected chi connectivity index (χ2v) is 11.9. The molecule has 0 aromatic carbocycles. The molecule has 0 unspecified atom stereocenters. The van der Waals surface area contributed by atoms with E-state index in [1.165, 1.54) is 0 Å². The minimum absolute atomic E-state index is 3.53. The monoisotopic (exact) mass is 520 g/mol. The van der Waals surface area contributed by atoms with Crippen LogP contribution in [0.1, 0.15) is 0 Å². The number of hydrogen-bond acceptors (Lipinski definition) is 8. The van der Waals surface area contributed by atoms with Gasteiger partial charge in [0.15, 0.2) is 0 Å². The first kappa shape index (κ1) is 13.0. The summed E-state index contributed by atoms with van der Waals surface area (Å²) in [5, 5.41) is 0. The van der Waals surface area contributed by atoms with Crippen molar-refractivity contribution in [1.29, 1.82) is 0 Å². The third-order valence-electron chi connectivity index (χ3n) is 0.288. The molecule has 11 heavy (non-hydrogen) atoms. The second-order valence-electron chi connectivity index (χ2n) is 0.992. The van der Waals surface area contributed by atoms with Crippen LogP contribution in [0.3, 0.4) is 0 Å². The number of hydrogen-bond donors (Lipinski definition) is 2. The molecule has 0 aliphatic carbocycles. The van der Waals surface area contributed by atoms with E-state index in [0.717, 1.165) is 0 Å². The van der Waals surface area contributed by atoms with Gasteiger partial charge in [0.05, 0.1) is 0 Å². The van der Waals surface area contributed by atoms with Crippen molar-refractivity contribution in [2.45, 2.75) is 0 Å².